The number of benzene rings is 3. The molecule has 0 saturated carbocycles. The number of hydrogen-bond acceptors (Lipinski definition) is 15. The van der Waals surface area contributed by atoms with E-state index in [0.717, 1.165) is 0 Å². The van der Waals surface area contributed by atoms with Crippen molar-refractivity contribution in [2.75, 3.05) is 49.4 Å². The zero-order valence-corrected chi connectivity index (χ0v) is 35.9. The standard InChI is InChI=1S/C45H54N4O12/c1-19-12-11-13-20(2)44(57)47-33-39(55)29-28(32-41(33)60-42-31(46-32)26(50)18-25-34(42)49(9)16-15-48(25)8)30-40(24(6)38(29)54)61-45(7,43(30)56)59-17-14-27(58-10)21(3)36(52)23(5)37(53)22(4)35(19)51/h11-14,17-19,21-23,27,35-37,51-54,56H,15-16H2,1-10H3,(H,47,57)/b12-11+,17-14+,20-13-/t19-,21+,22+,23-,27-,35-,36+,37+,45-/m0/s1. The van der Waals surface area contributed by atoms with Gasteiger partial charge in [0.05, 0.1) is 47.0 Å². The van der Waals surface area contributed by atoms with Crippen LogP contribution in [0.5, 0.6) is 11.5 Å². The monoisotopic (exact) mass is 842 g/mol. The van der Waals surface area contributed by atoms with E-state index in [-0.39, 0.29) is 60.8 Å². The van der Waals surface area contributed by atoms with E-state index in [1.54, 1.807) is 39.8 Å². The lowest BCUT2D eigenvalue weighted by atomic mass is 9.78. The molecule has 9 atom stereocenters. The van der Waals surface area contributed by atoms with E-state index in [9.17, 15) is 39.9 Å². The molecule has 4 heterocycles. The van der Waals surface area contributed by atoms with E-state index < -0.39 is 82.1 Å². The summed E-state index contributed by atoms with van der Waals surface area (Å²) in [4.78, 5) is 51.2. The van der Waals surface area contributed by atoms with Gasteiger partial charge in [-0.25, -0.2) is 4.98 Å². The minimum absolute atomic E-state index is 0.0385. The molecule has 326 valence electrons. The number of phenols is 1. The Morgan fingerprint density at radius 1 is 0.885 bits per heavy atom. The molecule has 16 heteroatoms. The maximum Gasteiger partial charge on any atom is 0.307 e. The summed E-state index contributed by atoms with van der Waals surface area (Å²) in [5.74, 6) is -6.21. The number of nitrogens with zero attached hydrogens (tertiary/aromatic N) is 3. The number of aromatic hydroxyl groups is 1. The van der Waals surface area contributed by atoms with Gasteiger partial charge in [0.25, 0.3) is 5.91 Å². The highest BCUT2D eigenvalue weighted by atomic mass is 16.7. The van der Waals surface area contributed by atoms with Gasteiger partial charge < -0.3 is 59.3 Å². The number of carbonyl (C=O) groups is 1. The molecule has 0 radical (unpaired) electrons. The number of allylic oxidation sites excluding steroid dienone is 2. The van der Waals surface area contributed by atoms with Crippen LogP contribution in [0.3, 0.4) is 0 Å². The number of methoxy groups -OCH3 is 1. The van der Waals surface area contributed by atoms with Gasteiger partial charge in [-0.2, -0.15) is 0 Å². The predicted molar refractivity (Wildman–Crippen MR) is 232 cm³/mol. The van der Waals surface area contributed by atoms with Crippen molar-refractivity contribution in [3.63, 3.8) is 0 Å². The normalized spacial score (nSPS) is 30.9. The van der Waals surface area contributed by atoms with Crippen LogP contribution in [0.4, 0.5) is 17.1 Å². The van der Waals surface area contributed by atoms with Crippen molar-refractivity contribution in [3.05, 3.63) is 73.4 Å². The van der Waals surface area contributed by atoms with Crippen LogP contribution in [0, 0.1) is 30.6 Å². The van der Waals surface area contributed by atoms with Crippen LogP contribution in [-0.2, 0) is 14.3 Å². The second-order valence-corrected chi connectivity index (χ2v) is 16.9. The fraction of sp³-hybridized carbons (Fsp3) is 0.467. The third kappa shape index (κ3) is 7.04. The first-order valence-corrected chi connectivity index (χ1v) is 20.3. The topological polar surface area (TPSA) is 225 Å². The minimum Gasteiger partial charge on any atom is -0.507 e. The van der Waals surface area contributed by atoms with Crippen molar-refractivity contribution < 1.29 is 49.0 Å². The number of likely N-dealkylation sites (N-methyl/N-ethyl adjacent to an activating group) is 2. The number of aliphatic hydroxyl groups is 4. The Balaban J connectivity index is 1.54. The molecule has 0 unspecified atom stereocenters. The van der Waals surface area contributed by atoms with Crippen LogP contribution in [-0.4, -0.2) is 101 Å². The fourth-order valence-corrected chi connectivity index (χ4v) is 8.72. The average Bonchev–Trinajstić information content (AvgIpc) is 3.50. The van der Waals surface area contributed by atoms with Crippen molar-refractivity contribution in [3.8, 4) is 11.5 Å². The SMILES string of the molecule is CO[C@H]1/C=C/O[C@@]2(C)Oc3c(C)c(O)c4c(=O)c(c5oc6c7c(cc(=O)c6nc5c4c3=C2O)N(C)CCN7C)NC(=O)/C(C)=C\C=C\[C@H](C)[C@H](O)[C@@H](C)[C@@H](O)[C@@H](C)[C@H](O)[C@@H]1C. The number of ether oxygens (including phenoxy) is 3. The molecule has 6 N–H and O–H groups in total. The lowest BCUT2D eigenvalue weighted by Crippen LogP contribution is -2.44. The number of nitrogens with one attached hydrogen (secondary N) is 1. The van der Waals surface area contributed by atoms with E-state index in [0.29, 0.717) is 24.5 Å². The van der Waals surface area contributed by atoms with Gasteiger partial charge in [-0.1, -0.05) is 45.9 Å². The number of aliphatic hydroxyl groups excluding tert-OH is 4. The number of rotatable bonds is 1. The lowest BCUT2D eigenvalue weighted by molar-refractivity contribution is -0.112. The van der Waals surface area contributed by atoms with Gasteiger partial charge in [-0.15, -0.1) is 0 Å². The Hall–Kier alpha value is -5.68. The molecule has 0 fully saturated rings. The summed E-state index contributed by atoms with van der Waals surface area (Å²) in [7, 11) is 5.12. The smallest absolute Gasteiger partial charge is 0.307 e. The number of fused-ring (bicyclic) bond motifs is 4. The molecule has 1 amide bonds. The van der Waals surface area contributed by atoms with E-state index in [2.05, 4.69) is 5.32 Å². The van der Waals surface area contributed by atoms with Gasteiger partial charge >= 0.3 is 5.79 Å². The van der Waals surface area contributed by atoms with Crippen LogP contribution in [0.2, 0.25) is 0 Å². The Morgan fingerprint density at radius 3 is 2.23 bits per heavy atom. The average molecular weight is 843 g/mol. The number of aromatic nitrogens is 1. The number of phenolic OH excluding ortho intramolecular Hbond substituents is 1. The van der Waals surface area contributed by atoms with Crippen LogP contribution in [0.25, 0.3) is 38.7 Å². The largest absolute Gasteiger partial charge is 0.507 e. The first-order valence-electron chi connectivity index (χ1n) is 20.3. The third-order valence-electron chi connectivity index (χ3n) is 12.9. The number of carbonyl (C=O) groups excluding carboxylic acids is 1. The lowest BCUT2D eigenvalue weighted by Gasteiger charge is -2.36. The van der Waals surface area contributed by atoms with Crippen LogP contribution in [0.15, 0.2) is 56.2 Å². The maximum atomic E-state index is 14.8. The summed E-state index contributed by atoms with van der Waals surface area (Å²) in [6.07, 6.45) is 3.47. The number of anilines is 3. The van der Waals surface area contributed by atoms with Gasteiger partial charge in [-0.05, 0) is 19.9 Å². The Labute approximate surface area is 351 Å². The summed E-state index contributed by atoms with van der Waals surface area (Å²) in [6, 6.07) is 1.45. The summed E-state index contributed by atoms with van der Waals surface area (Å²) < 4.78 is 24.6. The Kier molecular flexibility index (Phi) is 11.4. The molecule has 3 aromatic carbocycles. The molecule has 3 aliphatic rings. The predicted octanol–water partition coefficient (Wildman–Crippen LogP) is 3.88. The van der Waals surface area contributed by atoms with E-state index in [4.69, 9.17) is 23.6 Å². The zero-order valence-electron chi connectivity index (χ0n) is 35.9. The molecule has 3 aliphatic heterocycles. The molecular formula is C45H54N4O12. The summed E-state index contributed by atoms with van der Waals surface area (Å²) in [5.41, 5.74) is -0.790. The van der Waals surface area contributed by atoms with E-state index in [1.165, 1.54) is 52.4 Å². The molecule has 7 rings (SSSR count). The van der Waals surface area contributed by atoms with Crippen molar-refractivity contribution >= 4 is 61.7 Å². The van der Waals surface area contributed by atoms with Gasteiger partial charge in [0, 0.05) is 87.5 Å². The van der Waals surface area contributed by atoms with Gasteiger partial charge in [-0.3, -0.25) is 14.4 Å². The highest BCUT2D eigenvalue weighted by Gasteiger charge is 2.44. The van der Waals surface area contributed by atoms with E-state index in [1.807, 2.05) is 23.9 Å². The molecule has 0 saturated heterocycles. The van der Waals surface area contributed by atoms with Crippen molar-refractivity contribution in [2.45, 2.75) is 78.7 Å². The first kappa shape index (κ1) is 43.4. The summed E-state index contributed by atoms with van der Waals surface area (Å²) in [6.45, 7) is 12.5. The van der Waals surface area contributed by atoms with Crippen molar-refractivity contribution in [1.29, 1.82) is 0 Å². The maximum absolute atomic E-state index is 14.8. The summed E-state index contributed by atoms with van der Waals surface area (Å²) in [5, 5.41) is 60.1. The molecular weight excluding hydrogens is 789 g/mol. The second-order valence-electron chi connectivity index (χ2n) is 16.9. The molecule has 4 aromatic rings. The van der Waals surface area contributed by atoms with Crippen molar-refractivity contribution in [2.24, 2.45) is 23.7 Å². The highest BCUT2D eigenvalue weighted by Crippen LogP contribution is 2.44. The Morgan fingerprint density at radius 2 is 1.54 bits per heavy atom. The van der Waals surface area contributed by atoms with E-state index >= 15 is 0 Å². The molecule has 16 nitrogen and oxygen atoms in total. The quantitative estimate of drug-likeness (QED) is 0.118. The highest BCUT2D eigenvalue weighted by molar-refractivity contribution is 6.17. The molecule has 1 aromatic heterocycles. The van der Waals surface area contributed by atoms with Crippen LogP contribution in [0.1, 0.15) is 47.1 Å². The minimum atomic E-state index is -1.95. The molecule has 61 heavy (non-hydrogen) atoms. The number of amides is 1. The van der Waals surface area contributed by atoms with Crippen LogP contribution < -0.4 is 35.9 Å². The third-order valence-corrected chi connectivity index (χ3v) is 12.9. The van der Waals surface area contributed by atoms with Crippen LogP contribution >= 0.6 is 0 Å². The molecule has 0 spiro atoms. The van der Waals surface area contributed by atoms with Gasteiger partial charge in [0.15, 0.2) is 22.4 Å². The second kappa shape index (κ2) is 16.0. The molecule has 0 aliphatic carbocycles. The fourth-order valence-electron chi connectivity index (χ4n) is 8.72. The Bertz CT molecular complexity index is 2730. The van der Waals surface area contributed by atoms with Gasteiger partial charge in [0.1, 0.15) is 28.4 Å². The van der Waals surface area contributed by atoms with Crippen molar-refractivity contribution in [1.82, 2.24) is 4.98 Å². The number of hydrogen-bond donors (Lipinski definition) is 6. The first-order chi connectivity index (χ1) is 28.7. The summed E-state index contributed by atoms with van der Waals surface area (Å²) >= 11 is 0. The van der Waals surface area contributed by atoms with Gasteiger partial charge in [0.2, 0.25) is 10.9 Å². The zero-order chi connectivity index (χ0) is 44.6. The molecule has 4 bridgehead atoms.